The lowest BCUT2D eigenvalue weighted by Gasteiger charge is -2.19. The number of aromatic nitrogens is 2. The fourth-order valence-corrected chi connectivity index (χ4v) is 3.09. The van der Waals surface area contributed by atoms with Crippen molar-refractivity contribution in [2.45, 2.75) is 13.0 Å². The molecule has 21 heavy (non-hydrogen) atoms. The summed E-state index contributed by atoms with van der Waals surface area (Å²) < 4.78 is 1.00. The van der Waals surface area contributed by atoms with E-state index in [0.717, 1.165) is 26.6 Å². The van der Waals surface area contributed by atoms with Gasteiger partial charge in [0.1, 0.15) is 0 Å². The quantitative estimate of drug-likeness (QED) is 0.782. The van der Waals surface area contributed by atoms with Crippen LogP contribution < -0.4 is 5.32 Å². The number of nitrogens with zero attached hydrogens (tertiary/aromatic N) is 2. The molecule has 4 heteroatoms. The van der Waals surface area contributed by atoms with Crippen molar-refractivity contribution in [1.29, 1.82) is 0 Å². The number of para-hydroxylation sites is 1. The molecule has 1 aromatic carbocycles. The van der Waals surface area contributed by atoms with Gasteiger partial charge in [-0.2, -0.15) is 0 Å². The zero-order valence-electron chi connectivity index (χ0n) is 12.0. The number of aryl methyl sites for hydroxylation is 1. The predicted molar refractivity (Wildman–Crippen MR) is 89.3 cm³/mol. The summed E-state index contributed by atoms with van der Waals surface area (Å²) in [5.41, 5.74) is 4.32. The van der Waals surface area contributed by atoms with Crippen molar-refractivity contribution < 1.29 is 0 Å². The zero-order valence-corrected chi connectivity index (χ0v) is 13.6. The third kappa shape index (κ3) is 2.69. The van der Waals surface area contributed by atoms with E-state index in [1.54, 1.807) is 0 Å². The van der Waals surface area contributed by atoms with Crippen molar-refractivity contribution in [3.63, 3.8) is 0 Å². The topological polar surface area (TPSA) is 37.8 Å². The average molecular weight is 342 g/mol. The van der Waals surface area contributed by atoms with E-state index in [9.17, 15) is 0 Å². The van der Waals surface area contributed by atoms with E-state index in [1.165, 1.54) is 5.56 Å². The van der Waals surface area contributed by atoms with Crippen molar-refractivity contribution >= 4 is 26.8 Å². The minimum absolute atomic E-state index is 0.0117. The molecule has 3 nitrogen and oxygen atoms in total. The highest BCUT2D eigenvalue weighted by Crippen LogP contribution is 2.30. The van der Waals surface area contributed by atoms with Crippen LogP contribution in [0.4, 0.5) is 0 Å². The monoisotopic (exact) mass is 341 g/mol. The molecule has 1 unspecified atom stereocenters. The Labute approximate surface area is 132 Å². The van der Waals surface area contributed by atoms with Gasteiger partial charge in [-0.15, -0.1) is 0 Å². The van der Waals surface area contributed by atoms with Gasteiger partial charge in [0, 0.05) is 22.3 Å². The second-order valence-electron chi connectivity index (χ2n) is 5.00. The molecule has 3 rings (SSSR count). The van der Waals surface area contributed by atoms with Gasteiger partial charge in [-0.1, -0.05) is 18.2 Å². The summed E-state index contributed by atoms with van der Waals surface area (Å²) in [7, 11) is 1.94. The van der Waals surface area contributed by atoms with Crippen LogP contribution >= 0.6 is 15.9 Å². The standard InChI is InChI=1S/C17H16BrN3/c1-11-7-8-20-10-13(11)16(19-2)17-14(18)9-12-5-3-4-6-15(12)21-17/h3-10,16,19H,1-2H3. The number of nitrogens with one attached hydrogen (secondary N) is 1. The van der Waals surface area contributed by atoms with Crippen LogP contribution in [-0.4, -0.2) is 17.0 Å². The van der Waals surface area contributed by atoms with E-state index in [-0.39, 0.29) is 6.04 Å². The van der Waals surface area contributed by atoms with Crippen LogP contribution in [-0.2, 0) is 0 Å². The van der Waals surface area contributed by atoms with Gasteiger partial charge < -0.3 is 5.32 Å². The Morgan fingerprint density at radius 3 is 2.76 bits per heavy atom. The molecular weight excluding hydrogens is 326 g/mol. The Morgan fingerprint density at radius 1 is 1.19 bits per heavy atom. The van der Waals surface area contributed by atoms with E-state index in [4.69, 9.17) is 4.98 Å². The number of rotatable bonds is 3. The third-order valence-electron chi connectivity index (χ3n) is 3.66. The van der Waals surface area contributed by atoms with Gasteiger partial charge in [0.15, 0.2) is 0 Å². The first-order chi connectivity index (χ1) is 10.2. The Bertz CT molecular complexity index is 786. The minimum Gasteiger partial charge on any atom is -0.308 e. The fraction of sp³-hybridized carbons (Fsp3) is 0.176. The number of fused-ring (bicyclic) bond motifs is 1. The van der Waals surface area contributed by atoms with Crippen LogP contribution in [0, 0.1) is 6.92 Å². The van der Waals surface area contributed by atoms with Crippen LogP contribution in [0.1, 0.15) is 22.9 Å². The number of hydrogen-bond donors (Lipinski definition) is 1. The first kappa shape index (κ1) is 14.2. The molecule has 0 radical (unpaired) electrons. The van der Waals surface area contributed by atoms with Crippen LogP contribution in [0.25, 0.3) is 10.9 Å². The molecule has 0 aliphatic heterocycles. The maximum Gasteiger partial charge on any atom is 0.0778 e. The molecule has 0 amide bonds. The Kier molecular flexibility index (Phi) is 3.99. The Morgan fingerprint density at radius 2 is 2.00 bits per heavy atom. The van der Waals surface area contributed by atoms with Crippen LogP contribution in [0.15, 0.2) is 53.3 Å². The van der Waals surface area contributed by atoms with E-state index in [1.807, 2.05) is 43.7 Å². The van der Waals surface area contributed by atoms with Gasteiger partial charge in [0.25, 0.3) is 0 Å². The molecule has 0 saturated heterocycles. The highest BCUT2D eigenvalue weighted by Gasteiger charge is 2.19. The maximum absolute atomic E-state index is 4.83. The smallest absolute Gasteiger partial charge is 0.0778 e. The number of hydrogen-bond acceptors (Lipinski definition) is 3. The summed E-state index contributed by atoms with van der Waals surface area (Å²) in [4.78, 5) is 9.08. The molecule has 0 spiro atoms. The number of halogens is 1. The van der Waals surface area contributed by atoms with Crippen molar-refractivity contribution in [2.75, 3.05) is 7.05 Å². The van der Waals surface area contributed by atoms with Crippen molar-refractivity contribution in [2.24, 2.45) is 0 Å². The third-order valence-corrected chi connectivity index (χ3v) is 4.29. The molecular formula is C17H16BrN3. The summed E-state index contributed by atoms with van der Waals surface area (Å²) in [6.45, 7) is 2.09. The first-order valence-electron chi connectivity index (χ1n) is 6.83. The Hall–Kier alpha value is -1.78. The van der Waals surface area contributed by atoms with Gasteiger partial charge in [-0.25, -0.2) is 4.98 Å². The molecule has 0 aliphatic carbocycles. The van der Waals surface area contributed by atoms with Gasteiger partial charge in [-0.3, -0.25) is 4.98 Å². The molecule has 3 aromatic rings. The fourth-order valence-electron chi connectivity index (χ4n) is 2.53. The second-order valence-corrected chi connectivity index (χ2v) is 5.86. The summed E-state index contributed by atoms with van der Waals surface area (Å²) in [6.07, 6.45) is 3.72. The van der Waals surface area contributed by atoms with Crippen LogP contribution in [0.3, 0.4) is 0 Å². The largest absolute Gasteiger partial charge is 0.308 e. The van der Waals surface area contributed by atoms with Gasteiger partial charge in [-0.05, 0) is 59.2 Å². The van der Waals surface area contributed by atoms with Crippen LogP contribution in [0.2, 0.25) is 0 Å². The minimum atomic E-state index is 0.0117. The molecule has 0 saturated carbocycles. The maximum atomic E-state index is 4.83. The second kappa shape index (κ2) is 5.92. The highest BCUT2D eigenvalue weighted by molar-refractivity contribution is 9.10. The lowest BCUT2D eigenvalue weighted by molar-refractivity contribution is 0.664. The molecule has 2 aromatic heterocycles. The van der Waals surface area contributed by atoms with E-state index < -0.39 is 0 Å². The lowest BCUT2D eigenvalue weighted by Crippen LogP contribution is -2.20. The highest BCUT2D eigenvalue weighted by atomic mass is 79.9. The summed E-state index contributed by atoms with van der Waals surface area (Å²) >= 11 is 3.66. The molecule has 0 aliphatic rings. The molecule has 2 heterocycles. The van der Waals surface area contributed by atoms with Gasteiger partial charge in [0.05, 0.1) is 17.3 Å². The van der Waals surface area contributed by atoms with Crippen LogP contribution in [0.5, 0.6) is 0 Å². The molecule has 0 bridgehead atoms. The molecule has 106 valence electrons. The van der Waals surface area contributed by atoms with Gasteiger partial charge >= 0.3 is 0 Å². The number of pyridine rings is 2. The normalized spacial score (nSPS) is 12.5. The van der Waals surface area contributed by atoms with E-state index >= 15 is 0 Å². The predicted octanol–water partition coefficient (Wildman–Crippen LogP) is 4.01. The van der Waals surface area contributed by atoms with Crippen molar-refractivity contribution in [1.82, 2.24) is 15.3 Å². The first-order valence-corrected chi connectivity index (χ1v) is 7.63. The molecule has 1 N–H and O–H groups in total. The number of benzene rings is 1. The zero-order chi connectivity index (χ0) is 14.8. The molecule has 0 fully saturated rings. The summed E-state index contributed by atoms with van der Waals surface area (Å²) in [5.74, 6) is 0. The molecule has 1 atom stereocenters. The Balaban J connectivity index is 2.17. The average Bonchev–Trinajstić information content (AvgIpc) is 2.50. The summed E-state index contributed by atoms with van der Waals surface area (Å²) in [6, 6.07) is 12.3. The van der Waals surface area contributed by atoms with Crippen molar-refractivity contribution in [3.05, 3.63) is 70.1 Å². The van der Waals surface area contributed by atoms with Crippen molar-refractivity contribution in [3.8, 4) is 0 Å². The van der Waals surface area contributed by atoms with E-state index in [0.29, 0.717) is 0 Å². The SMILES string of the molecule is CNC(c1cnccc1C)c1nc2ccccc2cc1Br. The van der Waals surface area contributed by atoms with E-state index in [2.05, 4.69) is 45.3 Å². The summed E-state index contributed by atoms with van der Waals surface area (Å²) in [5, 5.41) is 4.48. The van der Waals surface area contributed by atoms with Gasteiger partial charge in [0.2, 0.25) is 0 Å². The lowest BCUT2D eigenvalue weighted by atomic mass is 10.00.